The summed E-state index contributed by atoms with van der Waals surface area (Å²) in [6.45, 7) is 4.61. The molecule has 0 heterocycles. The van der Waals surface area contributed by atoms with Crippen molar-refractivity contribution in [1.82, 2.24) is 5.32 Å². The van der Waals surface area contributed by atoms with E-state index in [2.05, 4.69) is 19.2 Å². The zero-order valence-electron chi connectivity index (χ0n) is 33.9. The Bertz CT molecular complexity index is 794. The van der Waals surface area contributed by atoms with Gasteiger partial charge in [-0.15, -0.1) is 0 Å². The molecule has 0 rings (SSSR count). The zero-order valence-corrected chi connectivity index (χ0v) is 34.8. The van der Waals surface area contributed by atoms with Crippen molar-refractivity contribution >= 4 is 13.7 Å². The lowest BCUT2D eigenvalue weighted by Crippen LogP contribution is -2.46. The summed E-state index contributed by atoms with van der Waals surface area (Å²) in [5.74, 6) is -0.181. The summed E-state index contributed by atoms with van der Waals surface area (Å²) < 4.78 is 23.0. The van der Waals surface area contributed by atoms with E-state index in [1.54, 1.807) is 0 Å². The first-order valence-corrected chi connectivity index (χ1v) is 22.8. The summed E-state index contributed by atoms with van der Waals surface area (Å²) in [4.78, 5) is 24.9. The van der Waals surface area contributed by atoms with Crippen LogP contribution in [-0.2, 0) is 18.4 Å². The van der Waals surface area contributed by atoms with E-state index >= 15 is 0 Å². The van der Waals surface area contributed by atoms with Crippen molar-refractivity contribution in [3.8, 4) is 0 Å². The van der Waals surface area contributed by atoms with E-state index in [4.69, 9.17) is 9.05 Å². The maximum atomic E-state index is 12.6. The van der Waals surface area contributed by atoms with Crippen molar-refractivity contribution < 1.29 is 32.9 Å². The number of carbonyl (C=O) groups is 1. The first-order valence-electron chi connectivity index (χ1n) is 21.4. The molecule has 0 bridgehead atoms. The maximum Gasteiger partial charge on any atom is 0.268 e. The smallest absolute Gasteiger partial charge is 0.268 e. The minimum Gasteiger partial charge on any atom is -0.756 e. The summed E-state index contributed by atoms with van der Waals surface area (Å²) in [6.07, 6.45) is 36.1. The van der Waals surface area contributed by atoms with Gasteiger partial charge in [0, 0.05) is 6.42 Å². The van der Waals surface area contributed by atoms with Crippen molar-refractivity contribution in [2.75, 3.05) is 40.9 Å². The Balaban J connectivity index is 3.96. The van der Waals surface area contributed by atoms with Crippen molar-refractivity contribution in [1.29, 1.82) is 0 Å². The van der Waals surface area contributed by atoms with Gasteiger partial charge in [-0.05, 0) is 12.8 Å². The average molecular weight is 733 g/mol. The molecule has 9 heteroatoms. The number of phosphoric ester groups is 1. The third-order valence-electron chi connectivity index (χ3n) is 9.85. The molecule has 0 spiro atoms. The quantitative estimate of drug-likeness (QED) is 0.0370. The van der Waals surface area contributed by atoms with E-state index in [1.807, 2.05) is 21.1 Å². The fourth-order valence-electron chi connectivity index (χ4n) is 6.39. The molecule has 0 saturated carbocycles. The third kappa shape index (κ3) is 35.9. The molecule has 0 saturated heterocycles. The van der Waals surface area contributed by atoms with Gasteiger partial charge in [0.25, 0.3) is 7.82 Å². The molecule has 0 fully saturated rings. The van der Waals surface area contributed by atoms with Gasteiger partial charge >= 0.3 is 0 Å². The van der Waals surface area contributed by atoms with Crippen LogP contribution in [0.3, 0.4) is 0 Å². The standard InChI is InChI=1S/C41H85N2O6P/c1-6-8-10-12-13-14-15-16-17-18-19-20-21-22-23-24-25-26-27-28-29-30-31-32-34-40(44)39(42-41(45)35-33-11-9-7-2)38-49-50(46,47)48-37-36-43(3,4)5/h39-40,44H,6-38H2,1-5H3,(H-,42,45,46,47). The molecular weight excluding hydrogens is 647 g/mol. The highest BCUT2D eigenvalue weighted by atomic mass is 31.2. The van der Waals surface area contributed by atoms with Crippen LogP contribution in [0.25, 0.3) is 0 Å². The molecule has 0 aliphatic rings. The summed E-state index contributed by atoms with van der Waals surface area (Å²) >= 11 is 0. The highest BCUT2D eigenvalue weighted by molar-refractivity contribution is 7.45. The second kappa shape index (κ2) is 34.3. The largest absolute Gasteiger partial charge is 0.756 e. The first kappa shape index (κ1) is 49.5. The lowest BCUT2D eigenvalue weighted by atomic mass is 10.0. The van der Waals surface area contributed by atoms with Gasteiger partial charge in [0.05, 0.1) is 39.9 Å². The highest BCUT2D eigenvalue weighted by Gasteiger charge is 2.24. The minimum absolute atomic E-state index is 0.0147. The van der Waals surface area contributed by atoms with Crippen LogP contribution in [-0.4, -0.2) is 68.5 Å². The lowest BCUT2D eigenvalue weighted by Gasteiger charge is -2.30. The number of hydrogen-bond acceptors (Lipinski definition) is 6. The van der Waals surface area contributed by atoms with Gasteiger partial charge in [-0.2, -0.15) is 0 Å². The summed E-state index contributed by atoms with van der Waals surface area (Å²) in [7, 11) is 1.31. The summed E-state index contributed by atoms with van der Waals surface area (Å²) in [5, 5.41) is 13.7. The van der Waals surface area contributed by atoms with Gasteiger partial charge in [-0.25, -0.2) is 0 Å². The number of carbonyl (C=O) groups excluding carboxylic acids is 1. The molecule has 8 nitrogen and oxygen atoms in total. The van der Waals surface area contributed by atoms with Crippen LogP contribution >= 0.6 is 7.82 Å². The molecule has 0 aromatic heterocycles. The number of hydrogen-bond donors (Lipinski definition) is 2. The molecule has 1 amide bonds. The van der Waals surface area contributed by atoms with Crippen LogP contribution in [0, 0.1) is 0 Å². The number of aliphatic hydroxyl groups is 1. The second-order valence-electron chi connectivity index (χ2n) is 16.1. The normalized spacial score (nSPS) is 14.5. The molecule has 3 atom stereocenters. The van der Waals surface area contributed by atoms with Gasteiger partial charge in [-0.3, -0.25) is 9.36 Å². The van der Waals surface area contributed by atoms with Crippen LogP contribution in [0.1, 0.15) is 206 Å². The van der Waals surface area contributed by atoms with Crippen LogP contribution in [0.5, 0.6) is 0 Å². The Hall–Kier alpha value is -0.500. The van der Waals surface area contributed by atoms with E-state index in [-0.39, 0.29) is 19.1 Å². The number of quaternary nitrogens is 1. The number of aliphatic hydroxyl groups excluding tert-OH is 1. The van der Waals surface area contributed by atoms with Crippen molar-refractivity contribution in [2.24, 2.45) is 0 Å². The molecule has 0 aliphatic carbocycles. The van der Waals surface area contributed by atoms with E-state index in [0.717, 1.165) is 44.9 Å². The Morgan fingerprint density at radius 3 is 1.36 bits per heavy atom. The highest BCUT2D eigenvalue weighted by Crippen LogP contribution is 2.38. The number of amides is 1. The number of likely N-dealkylation sites (N-methyl/N-ethyl adjacent to an activating group) is 1. The lowest BCUT2D eigenvalue weighted by molar-refractivity contribution is -0.870. The van der Waals surface area contributed by atoms with E-state index < -0.39 is 20.0 Å². The van der Waals surface area contributed by atoms with Crippen molar-refractivity contribution in [3.05, 3.63) is 0 Å². The molecule has 3 unspecified atom stereocenters. The molecule has 50 heavy (non-hydrogen) atoms. The predicted molar refractivity (Wildman–Crippen MR) is 210 cm³/mol. The van der Waals surface area contributed by atoms with Gasteiger partial charge in [0.15, 0.2) is 0 Å². The molecule has 2 N–H and O–H groups in total. The molecular formula is C41H85N2O6P. The first-order chi connectivity index (χ1) is 24.0. The second-order valence-corrected chi connectivity index (χ2v) is 17.5. The monoisotopic (exact) mass is 733 g/mol. The number of nitrogens with one attached hydrogen (secondary N) is 1. The maximum absolute atomic E-state index is 12.6. The number of unbranched alkanes of at least 4 members (excludes halogenated alkanes) is 26. The van der Waals surface area contributed by atoms with E-state index in [1.165, 1.54) is 135 Å². The van der Waals surface area contributed by atoms with Gasteiger partial charge in [0.2, 0.25) is 5.91 Å². The van der Waals surface area contributed by atoms with Crippen LogP contribution < -0.4 is 10.2 Å². The van der Waals surface area contributed by atoms with Crippen LogP contribution in [0.2, 0.25) is 0 Å². The molecule has 0 aromatic carbocycles. The molecule has 0 aliphatic heterocycles. The van der Waals surface area contributed by atoms with Crippen LogP contribution in [0.15, 0.2) is 0 Å². The van der Waals surface area contributed by atoms with Gasteiger partial charge in [0.1, 0.15) is 13.2 Å². The number of rotatable bonds is 39. The Kier molecular flexibility index (Phi) is 33.9. The Morgan fingerprint density at radius 1 is 0.620 bits per heavy atom. The van der Waals surface area contributed by atoms with E-state index in [9.17, 15) is 19.4 Å². The van der Waals surface area contributed by atoms with E-state index in [0.29, 0.717) is 23.9 Å². The molecule has 0 radical (unpaired) electrons. The fourth-order valence-corrected chi connectivity index (χ4v) is 7.12. The number of nitrogens with zero attached hydrogens (tertiary/aromatic N) is 1. The van der Waals surface area contributed by atoms with Gasteiger partial charge in [-0.1, -0.05) is 187 Å². The summed E-state index contributed by atoms with van der Waals surface area (Å²) in [5.41, 5.74) is 0. The third-order valence-corrected chi connectivity index (χ3v) is 10.8. The minimum atomic E-state index is -4.54. The predicted octanol–water partition coefficient (Wildman–Crippen LogP) is 10.8. The number of phosphoric acid groups is 1. The fraction of sp³-hybridized carbons (Fsp3) is 0.976. The molecule has 0 aromatic rings. The van der Waals surface area contributed by atoms with Gasteiger partial charge < -0.3 is 28.8 Å². The Labute approximate surface area is 310 Å². The van der Waals surface area contributed by atoms with Crippen molar-refractivity contribution in [2.45, 2.75) is 219 Å². The van der Waals surface area contributed by atoms with Crippen molar-refractivity contribution in [3.63, 3.8) is 0 Å². The average Bonchev–Trinajstić information content (AvgIpc) is 3.06. The topological polar surface area (TPSA) is 108 Å². The molecule has 300 valence electrons. The zero-order chi connectivity index (χ0) is 37.2. The Morgan fingerprint density at radius 2 is 0.980 bits per heavy atom. The van der Waals surface area contributed by atoms with Crippen LogP contribution in [0.4, 0.5) is 0 Å². The SMILES string of the molecule is CCCCCCCCCCCCCCCCCCCCCCCCCCC(O)C(COP(=O)([O-])OCC[N+](C)(C)C)NC(=O)CCCCCC. The summed E-state index contributed by atoms with van der Waals surface area (Å²) in [6, 6.07) is -0.789.